The first-order valence-electron chi connectivity index (χ1n) is 8.53. The molecule has 0 aliphatic heterocycles. The van der Waals surface area contributed by atoms with Crippen LogP contribution in [0.1, 0.15) is 11.7 Å². The molecule has 2 amide bonds. The number of aliphatic hydroxyl groups is 1. The number of aliphatic hydroxyl groups excluding tert-OH is 1. The number of urea groups is 1. The van der Waals surface area contributed by atoms with Crippen LogP contribution in [0.25, 0.3) is 0 Å². The number of carboxylic acid groups (broad SMARTS) is 2. The van der Waals surface area contributed by atoms with E-state index in [1.807, 2.05) is 30.3 Å². The Bertz CT molecular complexity index is 770. The van der Waals surface area contributed by atoms with E-state index in [1.165, 1.54) is 12.1 Å². The van der Waals surface area contributed by atoms with Crippen molar-refractivity contribution in [3.63, 3.8) is 0 Å². The molecule has 0 saturated carbocycles. The lowest BCUT2D eigenvalue weighted by Crippen LogP contribution is -2.35. The number of para-hydroxylation sites is 1. The van der Waals surface area contributed by atoms with E-state index < -0.39 is 18.0 Å². The molecule has 0 heterocycles. The normalized spacial score (nSPS) is 10.8. The Labute approximate surface area is 166 Å². The molecule has 156 valence electrons. The van der Waals surface area contributed by atoms with Gasteiger partial charge in [0.15, 0.2) is 0 Å². The smallest absolute Gasteiger partial charge is 0.414 e. The lowest BCUT2D eigenvalue weighted by Gasteiger charge is -2.13. The Balaban J connectivity index is 0.000000612. The number of carbonyl (C=O) groups is 3. The van der Waals surface area contributed by atoms with Crippen molar-refractivity contribution in [2.24, 2.45) is 0 Å². The lowest BCUT2D eigenvalue weighted by molar-refractivity contribution is -0.159. The standard InChI is InChI=1S/C17H21N3O3.C2H2O4/c21-15-8-6-13(7-9-15)16(22)12-18-10-11-19-17(23)20-14-4-2-1-3-5-14;3-1(4)2(5)6/h1-9,16,18,21-22H,10-12H2,(H2,19,20,23);(H,3,4)(H,5,6). The molecule has 2 aromatic rings. The molecule has 0 aliphatic rings. The number of anilines is 1. The van der Waals surface area contributed by atoms with Gasteiger partial charge in [-0.25, -0.2) is 14.4 Å². The fourth-order valence-electron chi connectivity index (χ4n) is 2.01. The average Bonchev–Trinajstić information content (AvgIpc) is 2.69. The van der Waals surface area contributed by atoms with E-state index in [0.717, 1.165) is 11.3 Å². The highest BCUT2D eigenvalue weighted by Crippen LogP contribution is 2.15. The molecule has 1 atom stereocenters. The molecule has 10 heteroatoms. The molecule has 2 rings (SSSR count). The largest absolute Gasteiger partial charge is 0.508 e. The van der Waals surface area contributed by atoms with E-state index in [9.17, 15) is 15.0 Å². The van der Waals surface area contributed by atoms with Crippen molar-refractivity contribution in [1.29, 1.82) is 0 Å². The first-order valence-corrected chi connectivity index (χ1v) is 8.53. The highest BCUT2D eigenvalue weighted by molar-refractivity contribution is 6.27. The van der Waals surface area contributed by atoms with Gasteiger partial charge in [-0.1, -0.05) is 30.3 Å². The van der Waals surface area contributed by atoms with Gasteiger partial charge in [0.2, 0.25) is 0 Å². The van der Waals surface area contributed by atoms with Crippen molar-refractivity contribution in [2.75, 3.05) is 25.0 Å². The summed E-state index contributed by atoms with van der Waals surface area (Å²) in [7, 11) is 0. The summed E-state index contributed by atoms with van der Waals surface area (Å²) in [4.78, 5) is 29.8. The quantitative estimate of drug-likeness (QED) is 0.264. The first-order chi connectivity index (χ1) is 13.8. The Morgan fingerprint density at radius 3 is 2.00 bits per heavy atom. The number of hydrogen-bond acceptors (Lipinski definition) is 6. The highest BCUT2D eigenvalue weighted by atomic mass is 16.4. The molecule has 0 bridgehead atoms. The number of carbonyl (C=O) groups excluding carboxylic acids is 1. The molecule has 29 heavy (non-hydrogen) atoms. The van der Waals surface area contributed by atoms with Crippen LogP contribution in [0.3, 0.4) is 0 Å². The topological polar surface area (TPSA) is 168 Å². The molecule has 0 spiro atoms. The van der Waals surface area contributed by atoms with Crippen molar-refractivity contribution < 1.29 is 34.8 Å². The predicted molar refractivity (Wildman–Crippen MR) is 105 cm³/mol. The summed E-state index contributed by atoms with van der Waals surface area (Å²) in [5, 5.41) is 42.5. The van der Waals surface area contributed by atoms with Crippen molar-refractivity contribution in [3.05, 3.63) is 60.2 Å². The van der Waals surface area contributed by atoms with Gasteiger partial charge in [-0.15, -0.1) is 0 Å². The maximum atomic E-state index is 11.6. The van der Waals surface area contributed by atoms with Crippen LogP contribution in [0, 0.1) is 0 Å². The van der Waals surface area contributed by atoms with Gasteiger partial charge in [0.25, 0.3) is 0 Å². The number of hydrogen-bond donors (Lipinski definition) is 7. The van der Waals surface area contributed by atoms with Crippen molar-refractivity contribution in [2.45, 2.75) is 6.10 Å². The summed E-state index contributed by atoms with van der Waals surface area (Å²) < 4.78 is 0. The van der Waals surface area contributed by atoms with Gasteiger partial charge >= 0.3 is 18.0 Å². The number of benzene rings is 2. The summed E-state index contributed by atoms with van der Waals surface area (Å²) in [6.07, 6.45) is -0.659. The second kappa shape index (κ2) is 12.7. The molecule has 0 aliphatic carbocycles. The SMILES string of the molecule is O=C(NCCNCC(O)c1ccc(O)cc1)Nc1ccccc1.O=C(O)C(=O)O. The minimum absolute atomic E-state index is 0.169. The minimum atomic E-state index is -1.82. The van der Waals surface area contributed by atoms with Crippen LogP contribution in [0.15, 0.2) is 54.6 Å². The van der Waals surface area contributed by atoms with Crippen LogP contribution in [0.4, 0.5) is 10.5 Å². The number of aromatic hydroxyl groups is 1. The molecule has 7 N–H and O–H groups in total. The predicted octanol–water partition coefficient (Wildman–Crippen LogP) is 0.992. The van der Waals surface area contributed by atoms with Gasteiger partial charge in [0.05, 0.1) is 6.10 Å². The second-order valence-corrected chi connectivity index (χ2v) is 5.67. The lowest BCUT2D eigenvalue weighted by atomic mass is 10.1. The van der Waals surface area contributed by atoms with Crippen molar-refractivity contribution in [3.8, 4) is 5.75 Å². The molecule has 0 saturated heterocycles. The van der Waals surface area contributed by atoms with Crippen LogP contribution in [0.5, 0.6) is 5.75 Å². The zero-order chi connectivity index (χ0) is 21.6. The van der Waals surface area contributed by atoms with Gasteiger partial charge in [-0.3, -0.25) is 0 Å². The highest BCUT2D eigenvalue weighted by Gasteiger charge is 2.07. The number of amides is 2. The van der Waals surface area contributed by atoms with E-state index in [1.54, 1.807) is 12.1 Å². The Morgan fingerprint density at radius 1 is 0.862 bits per heavy atom. The summed E-state index contributed by atoms with van der Waals surface area (Å²) >= 11 is 0. The fraction of sp³-hybridized carbons (Fsp3) is 0.211. The van der Waals surface area contributed by atoms with E-state index in [0.29, 0.717) is 19.6 Å². The number of aliphatic carboxylic acids is 2. The van der Waals surface area contributed by atoms with Gasteiger partial charge in [0, 0.05) is 25.3 Å². The van der Waals surface area contributed by atoms with E-state index >= 15 is 0 Å². The van der Waals surface area contributed by atoms with Crippen molar-refractivity contribution in [1.82, 2.24) is 10.6 Å². The summed E-state index contributed by atoms with van der Waals surface area (Å²) in [5.74, 6) is -3.48. The zero-order valence-electron chi connectivity index (χ0n) is 15.4. The molecule has 0 radical (unpaired) electrons. The maximum absolute atomic E-state index is 11.6. The zero-order valence-corrected chi connectivity index (χ0v) is 15.4. The van der Waals surface area contributed by atoms with Gasteiger partial charge in [-0.2, -0.15) is 0 Å². The summed E-state index contributed by atoms with van der Waals surface area (Å²) in [6, 6.07) is 15.4. The average molecular weight is 405 g/mol. The first kappa shape index (κ1) is 23.4. The number of nitrogens with one attached hydrogen (secondary N) is 3. The van der Waals surface area contributed by atoms with Crippen LogP contribution < -0.4 is 16.0 Å². The second-order valence-electron chi connectivity index (χ2n) is 5.67. The number of rotatable bonds is 7. The van der Waals surface area contributed by atoms with Crippen LogP contribution in [0.2, 0.25) is 0 Å². The molecule has 1 unspecified atom stereocenters. The number of phenols is 1. The van der Waals surface area contributed by atoms with Gasteiger partial charge < -0.3 is 36.4 Å². The monoisotopic (exact) mass is 405 g/mol. The van der Waals surface area contributed by atoms with E-state index in [2.05, 4.69) is 16.0 Å². The fourth-order valence-corrected chi connectivity index (χ4v) is 2.01. The Hall–Kier alpha value is -3.63. The van der Waals surface area contributed by atoms with Crippen LogP contribution in [-0.2, 0) is 9.59 Å². The van der Waals surface area contributed by atoms with Gasteiger partial charge in [-0.05, 0) is 29.8 Å². The molecule has 0 aromatic heterocycles. The number of phenolic OH excluding ortho intramolecular Hbond substituents is 1. The third-order valence-corrected chi connectivity index (χ3v) is 3.42. The minimum Gasteiger partial charge on any atom is -0.508 e. The third-order valence-electron chi connectivity index (χ3n) is 3.42. The van der Waals surface area contributed by atoms with Crippen molar-refractivity contribution >= 4 is 23.7 Å². The third kappa shape index (κ3) is 10.3. The molecule has 10 nitrogen and oxygen atoms in total. The van der Waals surface area contributed by atoms with Crippen LogP contribution in [-0.4, -0.2) is 58.0 Å². The Morgan fingerprint density at radius 2 is 1.45 bits per heavy atom. The maximum Gasteiger partial charge on any atom is 0.414 e. The molecule has 0 fully saturated rings. The molecular weight excluding hydrogens is 382 g/mol. The van der Waals surface area contributed by atoms with Crippen LogP contribution >= 0.6 is 0 Å². The molecular formula is C19H23N3O7. The van der Waals surface area contributed by atoms with E-state index in [4.69, 9.17) is 19.8 Å². The number of carboxylic acids is 2. The summed E-state index contributed by atoms with van der Waals surface area (Å²) in [6.45, 7) is 1.35. The van der Waals surface area contributed by atoms with E-state index in [-0.39, 0.29) is 11.8 Å². The molecule has 2 aromatic carbocycles. The van der Waals surface area contributed by atoms with Gasteiger partial charge in [0.1, 0.15) is 5.75 Å². The summed E-state index contributed by atoms with van der Waals surface area (Å²) in [5.41, 5.74) is 1.46. The Kier molecular flexibility index (Phi) is 10.3.